The van der Waals surface area contributed by atoms with Gasteiger partial charge in [0.15, 0.2) is 0 Å². The van der Waals surface area contributed by atoms with Crippen molar-refractivity contribution in [3.05, 3.63) is 83.7 Å². The Morgan fingerprint density at radius 1 is 0.681 bits per heavy atom. The summed E-state index contributed by atoms with van der Waals surface area (Å²) in [5.74, 6) is -10.9. The molecule has 16 nitrogen and oxygen atoms in total. The van der Waals surface area contributed by atoms with Crippen LogP contribution in [0.5, 0.6) is 0 Å². The Kier molecular flexibility index (Phi) is 16.6. The topological polar surface area (TPSA) is 256 Å². The van der Waals surface area contributed by atoms with Gasteiger partial charge in [-0.3, -0.25) is 0 Å². The number of carbonyl (C=O) groups is 6. The average Bonchev–Trinajstić information content (AvgIpc) is 3.45. The van der Waals surface area contributed by atoms with Crippen LogP contribution in [0.2, 0.25) is 0 Å². The molecule has 0 fully saturated rings. The van der Waals surface area contributed by atoms with E-state index in [0.29, 0.717) is 0 Å². The highest BCUT2D eigenvalue weighted by atomic mass is 16.5. The molecule has 0 radical (unpaired) electrons. The average molecular weight is 655 g/mol. The lowest BCUT2D eigenvalue weighted by Crippen LogP contribution is -2.21. The van der Waals surface area contributed by atoms with Gasteiger partial charge >= 0.3 is 35.8 Å². The summed E-state index contributed by atoms with van der Waals surface area (Å²) >= 11 is 0. The van der Waals surface area contributed by atoms with Crippen LogP contribution in [0.3, 0.4) is 0 Å². The summed E-state index contributed by atoms with van der Waals surface area (Å²) in [6, 6.07) is 23.1. The second kappa shape index (κ2) is 20.0. The fourth-order valence-corrected chi connectivity index (χ4v) is 3.63. The Morgan fingerprint density at radius 2 is 1.19 bits per heavy atom. The van der Waals surface area contributed by atoms with Crippen molar-refractivity contribution >= 4 is 64.5 Å². The van der Waals surface area contributed by atoms with E-state index in [2.05, 4.69) is 102 Å². The normalized spacial score (nSPS) is 10.2. The number of aromatic nitrogens is 2. The predicted molar refractivity (Wildman–Crippen MR) is 169 cm³/mol. The van der Waals surface area contributed by atoms with Crippen LogP contribution in [0.15, 0.2) is 66.7 Å². The fraction of sp³-hybridized carbons (Fsp3) is 0.194. The van der Waals surface area contributed by atoms with Gasteiger partial charge < -0.3 is 45.3 Å². The lowest BCUT2D eigenvalue weighted by Gasteiger charge is -2.12. The van der Waals surface area contributed by atoms with Crippen molar-refractivity contribution in [3.63, 3.8) is 0 Å². The van der Waals surface area contributed by atoms with Crippen molar-refractivity contribution in [1.82, 2.24) is 19.6 Å². The van der Waals surface area contributed by atoms with E-state index in [0.717, 1.165) is 48.3 Å². The third-order valence-electron chi connectivity index (χ3n) is 5.63. The minimum Gasteiger partial charge on any atom is -0.473 e. The molecule has 0 bridgehead atoms. The summed E-state index contributed by atoms with van der Waals surface area (Å²) in [5.41, 5.74) is 6.73. The van der Waals surface area contributed by atoms with Crippen molar-refractivity contribution < 1.29 is 59.4 Å². The van der Waals surface area contributed by atoms with E-state index in [1.54, 1.807) is 0 Å². The minimum atomic E-state index is -1.82. The molecule has 0 amide bonds. The zero-order valence-electron chi connectivity index (χ0n) is 25.3. The first-order valence-corrected chi connectivity index (χ1v) is 13.5. The van der Waals surface area contributed by atoms with Gasteiger partial charge in [0.2, 0.25) is 0 Å². The smallest absolute Gasteiger partial charge is 0.414 e. The maximum Gasteiger partial charge on any atom is 0.414 e. The Hall–Kier alpha value is -6.13. The fourth-order valence-electron chi connectivity index (χ4n) is 3.63. The van der Waals surface area contributed by atoms with Crippen LogP contribution >= 0.6 is 0 Å². The predicted octanol–water partition coefficient (Wildman–Crippen LogP) is 2.17. The number of nitrogens with zero attached hydrogens (tertiary/aromatic N) is 3. The number of fused-ring (bicyclic) bond motifs is 3. The first-order chi connectivity index (χ1) is 22.1. The van der Waals surface area contributed by atoms with E-state index in [4.69, 9.17) is 64.4 Å². The summed E-state index contributed by atoms with van der Waals surface area (Å²) in [4.78, 5) is 61.7. The molecule has 0 aliphatic carbocycles. The van der Waals surface area contributed by atoms with E-state index in [9.17, 15) is 0 Å². The van der Waals surface area contributed by atoms with Crippen molar-refractivity contribution in [2.45, 2.75) is 13.0 Å². The summed E-state index contributed by atoms with van der Waals surface area (Å²) in [6.45, 7) is 2.95. The molecule has 0 saturated carbocycles. The van der Waals surface area contributed by atoms with Gasteiger partial charge in [-0.15, -0.1) is 0 Å². The molecule has 0 spiro atoms. The maximum atomic E-state index is 9.10. The molecule has 250 valence electrons. The molecule has 16 heteroatoms. The number of hydrogen-bond acceptors (Lipinski definition) is 9. The Labute approximate surface area is 267 Å². The zero-order valence-corrected chi connectivity index (χ0v) is 25.3. The second-order valence-corrected chi connectivity index (χ2v) is 9.44. The van der Waals surface area contributed by atoms with Gasteiger partial charge in [-0.1, -0.05) is 48.5 Å². The highest BCUT2D eigenvalue weighted by Crippen LogP contribution is 2.23. The molecule has 0 aliphatic heterocycles. The van der Waals surface area contributed by atoms with Gasteiger partial charge in [0.05, 0.1) is 22.2 Å². The van der Waals surface area contributed by atoms with Gasteiger partial charge in [-0.25, -0.2) is 33.8 Å². The van der Waals surface area contributed by atoms with Crippen LogP contribution in [0.4, 0.5) is 0 Å². The van der Waals surface area contributed by atoms with E-state index in [-0.39, 0.29) is 0 Å². The number of carboxylic acid groups (broad SMARTS) is 6. The highest BCUT2D eigenvalue weighted by molar-refractivity contribution is 6.28. The molecule has 47 heavy (non-hydrogen) atoms. The molecule has 7 N–H and O–H groups in total. The maximum absolute atomic E-state index is 9.10. The van der Waals surface area contributed by atoms with Crippen LogP contribution in [0, 0.1) is 0 Å². The number of aliphatic carboxylic acids is 6. The van der Waals surface area contributed by atoms with Crippen molar-refractivity contribution in [2.75, 3.05) is 27.2 Å². The standard InChI is InChI=1S/C25H28N4.3C2H2O4/c1-28(2)18-8-17-26-19-21-14-16-25-23(15-13-20-9-4-3-5-10-20)27-22-11-6-7-12-24(22)29(21)25;3*3-1(4)2(5)6/h3-7,9-16,26H,8,17-19H2,1-2H3;3*(H,3,4)(H,5,6)/b15-13+;;;. The summed E-state index contributed by atoms with van der Waals surface area (Å²) < 4.78 is 2.34. The number of benzene rings is 2. The minimum absolute atomic E-state index is 0.845. The van der Waals surface area contributed by atoms with Crippen LogP contribution < -0.4 is 5.32 Å². The largest absolute Gasteiger partial charge is 0.473 e. The first kappa shape index (κ1) is 38.9. The molecule has 0 aliphatic rings. The molecular weight excluding hydrogens is 620 g/mol. The van der Waals surface area contributed by atoms with Gasteiger partial charge in [0.25, 0.3) is 0 Å². The van der Waals surface area contributed by atoms with Gasteiger partial charge in [0.1, 0.15) is 0 Å². The Balaban J connectivity index is 0.000000504. The van der Waals surface area contributed by atoms with Crippen molar-refractivity contribution in [1.29, 1.82) is 0 Å². The summed E-state index contributed by atoms with van der Waals surface area (Å²) in [5, 5.41) is 47.9. The molecular formula is C31H34N4O12. The van der Waals surface area contributed by atoms with Gasteiger partial charge in [-0.2, -0.15) is 0 Å². The lowest BCUT2D eigenvalue weighted by atomic mass is 10.2. The highest BCUT2D eigenvalue weighted by Gasteiger charge is 2.10. The van der Waals surface area contributed by atoms with E-state index < -0.39 is 35.8 Å². The number of para-hydroxylation sites is 2. The van der Waals surface area contributed by atoms with E-state index >= 15 is 0 Å². The van der Waals surface area contributed by atoms with E-state index in [1.807, 2.05) is 6.07 Å². The molecule has 4 rings (SSSR count). The number of hydrogen-bond donors (Lipinski definition) is 7. The third kappa shape index (κ3) is 14.5. The van der Waals surface area contributed by atoms with Crippen molar-refractivity contribution in [2.24, 2.45) is 0 Å². The molecule has 2 aromatic heterocycles. The van der Waals surface area contributed by atoms with Gasteiger partial charge in [-0.05, 0) is 69.5 Å². The molecule has 0 unspecified atom stereocenters. The first-order valence-electron chi connectivity index (χ1n) is 13.5. The second-order valence-electron chi connectivity index (χ2n) is 9.44. The lowest BCUT2D eigenvalue weighted by molar-refractivity contribution is -0.159. The number of rotatable bonds is 8. The SMILES string of the molecule is CN(C)CCCNCc1ccc2c(/C=C/c3ccccc3)nc3ccccc3n12.O=C(O)C(=O)O.O=C(O)C(=O)O.O=C(O)C(=O)O. The Bertz CT molecular complexity index is 1620. The van der Waals surface area contributed by atoms with Crippen LogP contribution in [-0.4, -0.2) is 108 Å². The van der Waals surface area contributed by atoms with E-state index in [1.165, 1.54) is 11.3 Å². The van der Waals surface area contributed by atoms with Crippen LogP contribution in [0.25, 0.3) is 28.7 Å². The summed E-state index contributed by atoms with van der Waals surface area (Å²) in [6.07, 6.45) is 5.39. The number of nitrogens with one attached hydrogen (secondary N) is 1. The van der Waals surface area contributed by atoms with Crippen LogP contribution in [-0.2, 0) is 35.3 Å². The van der Waals surface area contributed by atoms with Crippen LogP contribution in [0.1, 0.15) is 23.4 Å². The monoisotopic (exact) mass is 654 g/mol. The van der Waals surface area contributed by atoms with Crippen molar-refractivity contribution in [3.8, 4) is 0 Å². The molecule has 4 aromatic rings. The third-order valence-corrected chi connectivity index (χ3v) is 5.63. The quantitative estimate of drug-likeness (QED) is 0.106. The number of carboxylic acids is 6. The molecule has 0 saturated heterocycles. The zero-order chi connectivity index (χ0) is 35.5. The summed E-state index contributed by atoms with van der Waals surface area (Å²) in [7, 11) is 4.23. The van der Waals surface area contributed by atoms with Gasteiger partial charge in [0, 0.05) is 12.2 Å². The Morgan fingerprint density at radius 3 is 1.70 bits per heavy atom. The molecule has 2 aromatic carbocycles. The molecule has 2 heterocycles. The molecule has 0 atom stereocenters.